The van der Waals surface area contributed by atoms with E-state index < -0.39 is 22.4 Å². The minimum absolute atomic E-state index is 0.118. The molecule has 1 atom stereocenters. The molecule has 1 saturated heterocycles. The molecule has 2 aromatic carbocycles. The van der Waals surface area contributed by atoms with Crippen molar-refractivity contribution in [1.29, 1.82) is 0 Å². The molecule has 3 amide bonds. The van der Waals surface area contributed by atoms with Gasteiger partial charge < -0.3 is 5.32 Å². The van der Waals surface area contributed by atoms with Gasteiger partial charge in [0.2, 0.25) is 0 Å². The lowest BCUT2D eigenvalue weighted by Crippen LogP contribution is -2.40. The Morgan fingerprint density at radius 3 is 2.40 bits per heavy atom. The number of imide groups is 1. The Labute approximate surface area is 144 Å². The molecule has 1 N–H and O–H groups in total. The van der Waals surface area contributed by atoms with Crippen LogP contribution in [0.3, 0.4) is 0 Å². The summed E-state index contributed by atoms with van der Waals surface area (Å²) in [5, 5.41) is 13.8. The van der Waals surface area contributed by atoms with Gasteiger partial charge in [-0.25, -0.2) is 4.79 Å². The fraction of sp³-hybridized carbons (Fsp3) is 0.222. The molecule has 7 nitrogen and oxygen atoms in total. The molecule has 1 aliphatic rings. The van der Waals surface area contributed by atoms with Crippen molar-refractivity contribution >= 4 is 17.6 Å². The Morgan fingerprint density at radius 1 is 1.12 bits per heavy atom. The van der Waals surface area contributed by atoms with Crippen LogP contribution in [-0.2, 0) is 16.9 Å². The molecule has 1 heterocycles. The van der Waals surface area contributed by atoms with Crippen molar-refractivity contribution in [2.75, 3.05) is 0 Å². The highest BCUT2D eigenvalue weighted by atomic mass is 16.6. The van der Waals surface area contributed by atoms with Crippen LogP contribution in [0, 0.1) is 17.0 Å². The number of nitrogens with one attached hydrogen (secondary N) is 1. The first-order chi connectivity index (χ1) is 11.8. The van der Waals surface area contributed by atoms with Gasteiger partial charge in [0.15, 0.2) is 0 Å². The van der Waals surface area contributed by atoms with E-state index in [2.05, 4.69) is 5.32 Å². The molecule has 1 aliphatic heterocycles. The second-order valence-electron chi connectivity index (χ2n) is 6.20. The van der Waals surface area contributed by atoms with Gasteiger partial charge in [-0.15, -0.1) is 0 Å². The zero-order chi connectivity index (χ0) is 18.2. The number of carbonyl (C=O) groups excluding carboxylic acids is 2. The fourth-order valence-corrected chi connectivity index (χ4v) is 2.92. The summed E-state index contributed by atoms with van der Waals surface area (Å²) in [5.74, 6) is -0.431. The van der Waals surface area contributed by atoms with Crippen molar-refractivity contribution in [1.82, 2.24) is 10.2 Å². The van der Waals surface area contributed by atoms with Gasteiger partial charge in [0.1, 0.15) is 5.54 Å². The van der Waals surface area contributed by atoms with Crippen molar-refractivity contribution in [3.8, 4) is 0 Å². The molecule has 3 rings (SSSR count). The van der Waals surface area contributed by atoms with E-state index in [-0.39, 0.29) is 12.2 Å². The largest absolute Gasteiger partial charge is 0.325 e. The summed E-state index contributed by atoms with van der Waals surface area (Å²) in [6, 6.07) is 12.8. The summed E-state index contributed by atoms with van der Waals surface area (Å²) in [6.07, 6.45) is 0. The van der Waals surface area contributed by atoms with E-state index in [1.54, 1.807) is 37.3 Å². The zero-order valence-electron chi connectivity index (χ0n) is 13.9. The number of aryl methyl sites for hydroxylation is 1. The second-order valence-corrected chi connectivity index (χ2v) is 6.20. The molecule has 0 bridgehead atoms. The van der Waals surface area contributed by atoms with Crippen LogP contribution in [0.5, 0.6) is 0 Å². The van der Waals surface area contributed by atoms with Gasteiger partial charge in [-0.3, -0.25) is 19.8 Å². The van der Waals surface area contributed by atoms with Crippen LogP contribution in [0.2, 0.25) is 0 Å². The molecule has 2 aromatic rings. The van der Waals surface area contributed by atoms with Crippen molar-refractivity contribution < 1.29 is 14.5 Å². The number of para-hydroxylation sites is 1. The molecule has 25 heavy (non-hydrogen) atoms. The van der Waals surface area contributed by atoms with Crippen LogP contribution in [0.1, 0.15) is 23.6 Å². The van der Waals surface area contributed by atoms with Crippen molar-refractivity contribution in [3.05, 3.63) is 75.3 Å². The van der Waals surface area contributed by atoms with E-state index in [9.17, 15) is 19.7 Å². The van der Waals surface area contributed by atoms with E-state index >= 15 is 0 Å². The average Bonchev–Trinajstić information content (AvgIpc) is 2.80. The first-order valence-corrected chi connectivity index (χ1v) is 7.76. The average molecular weight is 339 g/mol. The summed E-state index contributed by atoms with van der Waals surface area (Å²) in [5.41, 5.74) is 0.715. The molecular formula is C18H17N3O4. The third-order valence-corrected chi connectivity index (χ3v) is 4.42. The van der Waals surface area contributed by atoms with E-state index in [1.165, 1.54) is 6.07 Å². The zero-order valence-corrected chi connectivity index (χ0v) is 13.9. The lowest BCUT2D eigenvalue weighted by atomic mass is 9.91. The van der Waals surface area contributed by atoms with E-state index in [0.29, 0.717) is 11.1 Å². The lowest BCUT2D eigenvalue weighted by molar-refractivity contribution is -0.385. The molecule has 0 aromatic heterocycles. The summed E-state index contributed by atoms with van der Waals surface area (Å²) in [6.45, 7) is 3.42. The van der Waals surface area contributed by atoms with Gasteiger partial charge in [0.25, 0.3) is 11.6 Å². The number of nitrogens with zero attached hydrogens (tertiary/aromatic N) is 2. The predicted octanol–water partition coefficient (Wildman–Crippen LogP) is 2.87. The SMILES string of the molecule is Cc1ccc(C2(C)NC(=O)N(Cc3ccccc3[N+](=O)[O-])C2=O)cc1. The van der Waals surface area contributed by atoms with Gasteiger partial charge in [0, 0.05) is 11.6 Å². The number of urea groups is 1. The Kier molecular flexibility index (Phi) is 4.00. The molecular weight excluding hydrogens is 322 g/mol. The number of carbonyl (C=O) groups is 2. The van der Waals surface area contributed by atoms with Crippen LogP contribution in [-0.4, -0.2) is 21.8 Å². The van der Waals surface area contributed by atoms with E-state index in [0.717, 1.165) is 10.5 Å². The lowest BCUT2D eigenvalue weighted by Gasteiger charge is -2.22. The maximum absolute atomic E-state index is 12.9. The molecule has 0 aliphatic carbocycles. The number of hydrogen-bond acceptors (Lipinski definition) is 4. The van der Waals surface area contributed by atoms with Gasteiger partial charge >= 0.3 is 6.03 Å². The number of amides is 3. The number of nitro groups is 1. The van der Waals surface area contributed by atoms with Gasteiger partial charge in [-0.1, -0.05) is 48.0 Å². The number of rotatable bonds is 4. The standard InChI is InChI=1S/C18H17N3O4/c1-12-7-9-14(10-8-12)18(2)16(22)20(17(23)19-18)11-13-5-3-4-6-15(13)21(24)25/h3-10H,11H2,1-2H3,(H,19,23). The van der Waals surface area contributed by atoms with Crippen LogP contribution in [0.15, 0.2) is 48.5 Å². The maximum Gasteiger partial charge on any atom is 0.325 e. The first-order valence-electron chi connectivity index (χ1n) is 7.76. The fourth-order valence-electron chi connectivity index (χ4n) is 2.92. The molecule has 128 valence electrons. The topological polar surface area (TPSA) is 92.6 Å². The summed E-state index contributed by atoms with van der Waals surface area (Å²) >= 11 is 0. The third kappa shape index (κ3) is 2.84. The Balaban J connectivity index is 1.92. The van der Waals surface area contributed by atoms with Crippen molar-refractivity contribution in [2.24, 2.45) is 0 Å². The van der Waals surface area contributed by atoms with Gasteiger partial charge in [-0.05, 0) is 19.4 Å². The van der Waals surface area contributed by atoms with E-state index in [1.807, 2.05) is 19.1 Å². The molecule has 1 unspecified atom stereocenters. The van der Waals surface area contributed by atoms with Crippen LogP contribution >= 0.6 is 0 Å². The number of hydrogen-bond donors (Lipinski definition) is 1. The molecule has 0 radical (unpaired) electrons. The highest BCUT2D eigenvalue weighted by Gasteiger charge is 2.49. The monoisotopic (exact) mass is 339 g/mol. The molecule has 0 spiro atoms. The maximum atomic E-state index is 12.9. The van der Waals surface area contributed by atoms with Crippen LogP contribution < -0.4 is 5.32 Å². The summed E-state index contributed by atoms with van der Waals surface area (Å²) in [7, 11) is 0. The van der Waals surface area contributed by atoms with Gasteiger partial charge in [-0.2, -0.15) is 0 Å². The summed E-state index contributed by atoms with van der Waals surface area (Å²) < 4.78 is 0. The van der Waals surface area contributed by atoms with Crippen molar-refractivity contribution in [3.63, 3.8) is 0 Å². The minimum Gasteiger partial charge on any atom is -0.319 e. The molecule has 0 saturated carbocycles. The Morgan fingerprint density at radius 2 is 1.76 bits per heavy atom. The smallest absolute Gasteiger partial charge is 0.319 e. The molecule has 1 fully saturated rings. The Bertz CT molecular complexity index is 863. The highest BCUT2D eigenvalue weighted by Crippen LogP contribution is 2.31. The first kappa shape index (κ1) is 16.6. The van der Waals surface area contributed by atoms with Crippen LogP contribution in [0.25, 0.3) is 0 Å². The Hall–Kier alpha value is -3.22. The van der Waals surface area contributed by atoms with Crippen molar-refractivity contribution in [2.45, 2.75) is 25.9 Å². The second kappa shape index (κ2) is 6.01. The van der Waals surface area contributed by atoms with Crippen LogP contribution in [0.4, 0.5) is 10.5 Å². The third-order valence-electron chi connectivity index (χ3n) is 4.42. The van der Waals surface area contributed by atoms with Gasteiger partial charge in [0.05, 0.1) is 11.5 Å². The highest BCUT2D eigenvalue weighted by molar-refractivity contribution is 6.07. The quantitative estimate of drug-likeness (QED) is 0.526. The predicted molar refractivity (Wildman–Crippen MR) is 90.7 cm³/mol. The number of benzene rings is 2. The van der Waals surface area contributed by atoms with E-state index in [4.69, 9.17) is 0 Å². The minimum atomic E-state index is -1.19. The molecule has 7 heteroatoms. The summed E-state index contributed by atoms with van der Waals surface area (Å²) in [4.78, 5) is 36.9. The normalized spacial score (nSPS) is 19.8. The number of nitro benzene ring substituents is 1.